The van der Waals surface area contributed by atoms with Crippen molar-refractivity contribution in [1.29, 1.82) is 0 Å². The minimum absolute atomic E-state index is 0.191. The summed E-state index contributed by atoms with van der Waals surface area (Å²) in [5.74, 6) is 0.646. The average molecular weight is 411 g/mol. The van der Waals surface area contributed by atoms with E-state index in [9.17, 15) is 9.59 Å². The van der Waals surface area contributed by atoms with Gasteiger partial charge in [-0.25, -0.2) is 0 Å². The molecule has 1 aromatic heterocycles. The lowest BCUT2D eigenvalue weighted by Gasteiger charge is -2.12. The summed E-state index contributed by atoms with van der Waals surface area (Å²) in [6.07, 6.45) is 0. The van der Waals surface area contributed by atoms with Crippen LogP contribution < -0.4 is 15.8 Å². The number of para-hydroxylation sites is 1. The number of benzene rings is 2. The van der Waals surface area contributed by atoms with E-state index in [4.69, 9.17) is 10.5 Å². The maximum Gasteiger partial charge on any atom is 0.248 e. The van der Waals surface area contributed by atoms with Crippen molar-refractivity contribution in [3.05, 3.63) is 54.1 Å². The maximum atomic E-state index is 12.5. The van der Waals surface area contributed by atoms with Gasteiger partial charge in [0.15, 0.2) is 11.0 Å². The van der Waals surface area contributed by atoms with Gasteiger partial charge >= 0.3 is 0 Å². The summed E-state index contributed by atoms with van der Waals surface area (Å²) in [5, 5.41) is 11.5. The number of hydrogen-bond donors (Lipinski definition) is 2. The van der Waals surface area contributed by atoms with E-state index in [0.29, 0.717) is 28.0 Å². The van der Waals surface area contributed by atoms with Crippen LogP contribution in [0.2, 0.25) is 0 Å². The minimum atomic E-state index is -0.514. The van der Waals surface area contributed by atoms with Crippen molar-refractivity contribution in [3.63, 3.8) is 0 Å². The Morgan fingerprint density at radius 2 is 1.83 bits per heavy atom. The van der Waals surface area contributed by atoms with Gasteiger partial charge in [-0.05, 0) is 43.3 Å². The van der Waals surface area contributed by atoms with Crippen molar-refractivity contribution in [2.45, 2.75) is 17.3 Å². The number of amides is 2. The van der Waals surface area contributed by atoms with Gasteiger partial charge in [0.25, 0.3) is 0 Å². The summed E-state index contributed by atoms with van der Waals surface area (Å²) in [6.45, 7) is 1.79. The molecular formula is C20H21N5O3S. The maximum absolute atomic E-state index is 12.5. The molecule has 150 valence electrons. The molecule has 3 rings (SSSR count). The Bertz CT molecular complexity index is 1030. The predicted octanol–water partition coefficient (Wildman–Crippen LogP) is 2.71. The van der Waals surface area contributed by atoms with E-state index in [-0.39, 0.29) is 5.91 Å². The summed E-state index contributed by atoms with van der Waals surface area (Å²) in [5.41, 5.74) is 7.01. The van der Waals surface area contributed by atoms with Gasteiger partial charge in [-0.1, -0.05) is 23.9 Å². The van der Waals surface area contributed by atoms with Crippen molar-refractivity contribution in [2.24, 2.45) is 12.8 Å². The van der Waals surface area contributed by atoms with Crippen LogP contribution in [0.4, 0.5) is 5.69 Å². The lowest BCUT2D eigenvalue weighted by atomic mass is 10.2. The third kappa shape index (κ3) is 4.57. The van der Waals surface area contributed by atoms with Gasteiger partial charge in [-0.15, -0.1) is 10.2 Å². The monoisotopic (exact) mass is 411 g/mol. The number of methoxy groups -OCH3 is 1. The van der Waals surface area contributed by atoms with Crippen molar-refractivity contribution in [1.82, 2.24) is 14.8 Å². The first-order chi connectivity index (χ1) is 13.9. The minimum Gasteiger partial charge on any atom is -0.496 e. The number of rotatable bonds is 7. The fraction of sp³-hybridized carbons (Fsp3) is 0.200. The molecule has 9 heteroatoms. The zero-order valence-corrected chi connectivity index (χ0v) is 17.1. The summed E-state index contributed by atoms with van der Waals surface area (Å²) in [7, 11) is 3.45. The highest BCUT2D eigenvalue weighted by Crippen LogP contribution is 2.31. The smallest absolute Gasteiger partial charge is 0.248 e. The topological polar surface area (TPSA) is 112 Å². The Kier molecular flexibility index (Phi) is 6.18. The lowest BCUT2D eigenvalue weighted by Crippen LogP contribution is -2.23. The molecule has 1 heterocycles. The number of aromatic nitrogens is 3. The highest BCUT2D eigenvalue weighted by molar-refractivity contribution is 8.00. The molecule has 0 saturated heterocycles. The average Bonchev–Trinajstić information content (AvgIpc) is 3.08. The van der Waals surface area contributed by atoms with Crippen LogP contribution >= 0.6 is 11.8 Å². The Morgan fingerprint density at radius 3 is 2.48 bits per heavy atom. The molecule has 2 aromatic carbocycles. The molecule has 29 heavy (non-hydrogen) atoms. The van der Waals surface area contributed by atoms with E-state index in [2.05, 4.69) is 15.5 Å². The van der Waals surface area contributed by atoms with Gasteiger partial charge in [0, 0.05) is 18.3 Å². The van der Waals surface area contributed by atoms with Crippen molar-refractivity contribution >= 4 is 29.3 Å². The van der Waals surface area contributed by atoms with E-state index in [1.807, 2.05) is 35.9 Å². The number of nitrogens with two attached hydrogens (primary N) is 1. The number of carbonyl (C=O) groups excluding carboxylic acids is 2. The number of nitrogens with zero attached hydrogens (tertiary/aromatic N) is 3. The SMILES string of the molecule is COc1ccccc1-c1nnc(S[C@H](C)C(=O)Nc2ccc(C(N)=O)cc2)n1C. The highest BCUT2D eigenvalue weighted by atomic mass is 32.2. The fourth-order valence-corrected chi connectivity index (χ4v) is 3.47. The van der Waals surface area contributed by atoms with Gasteiger partial charge in [0.1, 0.15) is 5.75 Å². The normalized spacial score (nSPS) is 11.7. The molecule has 8 nitrogen and oxygen atoms in total. The molecular weight excluding hydrogens is 390 g/mol. The Hall–Kier alpha value is -3.33. The van der Waals surface area contributed by atoms with Crippen molar-refractivity contribution < 1.29 is 14.3 Å². The summed E-state index contributed by atoms with van der Waals surface area (Å²) in [6, 6.07) is 14.0. The van der Waals surface area contributed by atoms with E-state index in [1.54, 1.807) is 38.3 Å². The third-order valence-corrected chi connectivity index (χ3v) is 5.41. The Balaban J connectivity index is 1.70. The Morgan fingerprint density at radius 1 is 1.14 bits per heavy atom. The molecule has 0 radical (unpaired) electrons. The van der Waals surface area contributed by atoms with E-state index in [0.717, 1.165) is 5.56 Å². The highest BCUT2D eigenvalue weighted by Gasteiger charge is 2.20. The van der Waals surface area contributed by atoms with Gasteiger partial charge in [-0.2, -0.15) is 0 Å². The van der Waals surface area contributed by atoms with E-state index in [1.165, 1.54) is 11.8 Å². The zero-order chi connectivity index (χ0) is 21.0. The number of thioether (sulfide) groups is 1. The fourth-order valence-electron chi connectivity index (χ4n) is 2.65. The zero-order valence-electron chi connectivity index (χ0n) is 16.2. The molecule has 0 unspecified atom stereocenters. The quantitative estimate of drug-likeness (QED) is 0.578. The molecule has 0 aliphatic heterocycles. The molecule has 1 atom stereocenters. The number of anilines is 1. The largest absolute Gasteiger partial charge is 0.496 e. The van der Waals surface area contributed by atoms with E-state index >= 15 is 0 Å². The van der Waals surface area contributed by atoms with Gasteiger partial charge < -0.3 is 20.4 Å². The third-order valence-electron chi connectivity index (χ3n) is 4.27. The predicted molar refractivity (Wildman–Crippen MR) is 112 cm³/mol. The van der Waals surface area contributed by atoms with Gasteiger partial charge in [0.2, 0.25) is 11.8 Å². The van der Waals surface area contributed by atoms with Crippen LogP contribution in [0.25, 0.3) is 11.4 Å². The number of carbonyl (C=O) groups is 2. The Labute approximate surface area is 172 Å². The van der Waals surface area contributed by atoms with Gasteiger partial charge in [-0.3, -0.25) is 9.59 Å². The van der Waals surface area contributed by atoms with Crippen LogP contribution in [-0.4, -0.2) is 38.9 Å². The second kappa shape index (κ2) is 8.78. The molecule has 3 aromatic rings. The lowest BCUT2D eigenvalue weighted by molar-refractivity contribution is -0.115. The molecule has 2 amide bonds. The number of hydrogen-bond acceptors (Lipinski definition) is 6. The standard InChI is InChI=1S/C20H21N5O3S/c1-12(19(27)22-14-10-8-13(9-11-14)17(21)26)29-20-24-23-18(25(20)2)15-6-4-5-7-16(15)28-3/h4-12H,1-3H3,(H2,21,26)(H,22,27)/t12-/m1/s1. The summed E-state index contributed by atoms with van der Waals surface area (Å²) in [4.78, 5) is 23.7. The molecule has 0 aliphatic rings. The molecule has 0 fully saturated rings. The van der Waals surface area contributed by atoms with Crippen LogP contribution in [0.5, 0.6) is 5.75 Å². The molecule has 0 spiro atoms. The first-order valence-corrected chi connectivity index (χ1v) is 9.69. The van der Waals surface area contributed by atoms with Crippen LogP contribution in [0.1, 0.15) is 17.3 Å². The summed E-state index contributed by atoms with van der Waals surface area (Å²) >= 11 is 1.30. The number of nitrogens with one attached hydrogen (secondary N) is 1. The van der Waals surface area contributed by atoms with Crippen LogP contribution in [-0.2, 0) is 11.8 Å². The number of primary amides is 1. The van der Waals surface area contributed by atoms with Gasteiger partial charge in [0.05, 0.1) is 17.9 Å². The van der Waals surface area contributed by atoms with Crippen LogP contribution in [0.3, 0.4) is 0 Å². The van der Waals surface area contributed by atoms with Crippen molar-refractivity contribution in [3.8, 4) is 17.1 Å². The first kappa shape index (κ1) is 20.4. The molecule has 0 aliphatic carbocycles. The van der Waals surface area contributed by atoms with Crippen LogP contribution in [0.15, 0.2) is 53.7 Å². The van der Waals surface area contributed by atoms with Crippen molar-refractivity contribution in [2.75, 3.05) is 12.4 Å². The molecule has 3 N–H and O–H groups in total. The number of ether oxygens (including phenoxy) is 1. The molecule has 0 saturated carbocycles. The van der Waals surface area contributed by atoms with E-state index < -0.39 is 11.2 Å². The molecule has 0 bridgehead atoms. The second-order valence-electron chi connectivity index (χ2n) is 6.26. The van der Waals surface area contributed by atoms with Crippen LogP contribution in [0, 0.1) is 0 Å². The summed E-state index contributed by atoms with van der Waals surface area (Å²) < 4.78 is 7.22. The second-order valence-corrected chi connectivity index (χ2v) is 7.56. The first-order valence-electron chi connectivity index (χ1n) is 8.81.